The van der Waals surface area contributed by atoms with Crippen LogP contribution >= 0.6 is 35.3 Å². The van der Waals surface area contributed by atoms with E-state index in [2.05, 4.69) is 47.4 Å². The lowest BCUT2D eigenvalue weighted by Crippen LogP contribution is -2.60. The number of urea groups is 2. The number of carboxylic acids is 3. The number of rotatable bonds is 21. The lowest BCUT2D eigenvalue weighted by atomic mass is 10.0. The fraction of sp³-hybridized carbons (Fsp3) is 0.396. The van der Waals surface area contributed by atoms with Gasteiger partial charge >= 0.3 is 59.6 Å². The quantitative estimate of drug-likeness (QED) is 0.0223. The number of aliphatic hydroxyl groups excluding tert-OH is 1. The third-order valence-corrected chi connectivity index (χ3v) is 16.7. The average molecular weight is 1210 g/mol. The first-order valence-electron chi connectivity index (χ1n) is 24.9. The zero-order valence-corrected chi connectivity index (χ0v) is 46.4. The van der Waals surface area contributed by atoms with Gasteiger partial charge in [-0.05, 0) is 70.8 Å². The fourth-order valence-corrected chi connectivity index (χ4v) is 11.9. The van der Waals surface area contributed by atoms with E-state index in [9.17, 15) is 83.1 Å². The largest absolute Gasteiger partial charge is 0.508 e. The Bertz CT molecular complexity index is 3160. The molecule has 10 amide bonds. The number of hydrogen-bond donors (Lipinski definition) is 11. The van der Waals surface area contributed by atoms with Crippen LogP contribution < -0.4 is 36.6 Å². The van der Waals surface area contributed by atoms with Crippen LogP contribution in [0.2, 0.25) is 0 Å². The van der Waals surface area contributed by atoms with Gasteiger partial charge in [0.05, 0.1) is 6.61 Å². The molecule has 6 unspecified atom stereocenters. The number of ether oxygens (including phenoxy) is 1. The third kappa shape index (κ3) is 14.4. The van der Waals surface area contributed by atoms with Gasteiger partial charge in [0.25, 0.3) is 0 Å². The summed E-state index contributed by atoms with van der Waals surface area (Å²) in [7, 11) is 1.56. The number of nitrogens with one attached hydrogen (secondary N) is 6. The number of tetrazole rings is 1. The van der Waals surface area contributed by atoms with Crippen molar-refractivity contribution in [3.05, 3.63) is 82.2 Å². The van der Waals surface area contributed by atoms with Gasteiger partial charge in [0.15, 0.2) is 12.1 Å². The summed E-state index contributed by atoms with van der Waals surface area (Å²) in [5.74, 6) is -13.2. The minimum absolute atomic E-state index is 0.00309. The summed E-state index contributed by atoms with van der Waals surface area (Å²) in [6.07, 6.45) is 0. The topological polar surface area (TPSA) is 444 Å². The van der Waals surface area contributed by atoms with E-state index in [1.165, 1.54) is 63.0 Å². The van der Waals surface area contributed by atoms with Crippen molar-refractivity contribution >= 4 is 107 Å². The molecule has 0 spiro atoms. The number of carbonyl (C=O) groups excluding carboxylic acids is 9. The lowest BCUT2D eigenvalue weighted by molar-refractivity contribution is -0.153. The first-order valence-corrected chi connectivity index (χ1v) is 28.0. The normalized spacial score (nSPS) is 18.9. The molecule has 4 aliphatic heterocycles. The van der Waals surface area contributed by atoms with Crippen molar-refractivity contribution in [3.8, 4) is 11.5 Å². The molecule has 2 fully saturated rings. The number of carboxylic acid groups (broad SMARTS) is 3. The maximum atomic E-state index is 14.4. The summed E-state index contributed by atoms with van der Waals surface area (Å²) in [5.41, 5.74) is -0.486. The van der Waals surface area contributed by atoms with E-state index >= 15 is 0 Å². The molecule has 5 heterocycles. The number of thioether (sulfide) groups is 3. The molecule has 1 aromatic heterocycles. The average Bonchev–Trinajstić information content (AvgIpc) is 4.05. The standard InChI is InChI=1S/C48H54N14O18S3/c1-4-59-14-16-61(40(69)38(59)67)46(78)53-28(22-6-10-26(64)11-7-22)34(65)50-33(44(75)76)37-52-31(25(20-82-37)21-83-48-55-56-57-58(48)3)45(77)80-27-12-8-23(9-13-27)29(54-47(79)62-17-15-60(5-2)39(68)41(62)70)35(66)49-32(43(73)74)36-51-30(42(71)72)24(18-63)19-81-36/h6-13,28-29,32-33,36-37,51-52,63-64H,4-5,14-21H2,1-3H3,(H,49,66)(H,50,65)(H,53,78)(H,54,79)(H,71,72)(H,73,74)(H,75,76). The highest BCUT2D eigenvalue weighted by atomic mass is 32.2. The number of benzene rings is 2. The predicted molar refractivity (Wildman–Crippen MR) is 287 cm³/mol. The second-order valence-electron chi connectivity index (χ2n) is 18.2. The van der Waals surface area contributed by atoms with Gasteiger partial charge in [0, 0.05) is 63.6 Å². The Labute approximate surface area is 482 Å². The van der Waals surface area contributed by atoms with Crippen LogP contribution in [0.15, 0.2) is 76.2 Å². The number of likely N-dealkylation sites (N-methyl/N-ethyl adjacent to an activating group) is 2. The number of carbonyl (C=O) groups is 12. The Balaban J connectivity index is 1.14. The smallest absolute Gasteiger partial charge is 0.359 e. The maximum absolute atomic E-state index is 14.4. The third-order valence-electron chi connectivity index (χ3n) is 13.0. The number of aryl methyl sites for hydroxylation is 1. The van der Waals surface area contributed by atoms with Crippen molar-refractivity contribution in [1.29, 1.82) is 0 Å². The highest BCUT2D eigenvalue weighted by molar-refractivity contribution is 8.01. The number of imide groups is 2. The number of aromatic hydroxyl groups is 1. The molecule has 442 valence electrons. The van der Waals surface area contributed by atoms with E-state index in [4.69, 9.17) is 4.74 Å². The van der Waals surface area contributed by atoms with Crippen molar-refractivity contribution < 1.29 is 87.8 Å². The Morgan fingerprint density at radius 1 is 0.675 bits per heavy atom. The number of hydrogen-bond acceptors (Lipinski definition) is 23. The van der Waals surface area contributed by atoms with Crippen LogP contribution in [0.4, 0.5) is 9.59 Å². The van der Waals surface area contributed by atoms with Gasteiger partial charge in [0.2, 0.25) is 17.0 Å². The molecular formula is C48H54N14O18S3. The molecular weight excluding hydrogens is 1160 g/mol. The number of phenols is 1. The van der Waals surface area contributed by atoms with E-state index in [-0.39, 0.29) is 90.4 Å². The number of aromatic nitrogens is 4. The Morgan fingerprint density at radius 3 is 1.58 bits per heavy atom. The minimum Gasteiger partial charge on any atom is -0.508 e. The number of aliphatic carboxylic acids is 3. The van der Waals surface area contributed by atoms with E-state index < -0.39 is 119 Å². The molecule has 7 rings (SSSR count). The first kappa shape index (κ1) is 61.7. The van der Waals surface area contributed by atoms with Gasteiger partial charge in [-0.3, -0.25) is 38.6 Å². The number of nitrogens with zero attached hydrogens (tertiary/aromatic N) is 8. The fourth-order valence-electron chi connectivity index (χ4n) is 8.51. The summed E-state index contributed by atoms with van der Waals surface area (Å²) < 4.78 is 7.12. The van der Waals surface area contributed by atoms with E-state index in [1.54, 1.807) is 20.9 Å². The minimum atomic E-state index is -1.89. The van der Waals surface area contributed by atoms with E-state index in [1.807, 2.05) is 0 Å². The van der Waals surface area contributed by atoms with Crippen molar-refractivity contribution in [2.24, 2.45) is 7.05 Å². The highest BCUT2D eigenvalue weighted by Crippen LogP contribution is 2.31. The summed E-state index contributed by atoms with van der Waals surface area (Å²) in [4.78, 5) is 163. The molecule has 0 saturated carbocycles. The number of esters is 1. The van der Waals surface area contributed by atoms with Crippen LogP contribution in [0.3, 0.4) is 0 Å². The van der Waals surface area contributed by atoms with Gasteiger partial charge in [-0.25, -0.2) is 33.4 Å². The van der Waals surface area contributed by atoms with Crippen molar-refractivity contribution in [3.63, 3.8) is 0 Å². The Hall–Kier alpha value is -8.96. The van der Waals surface area contributed by atoms with E-state index in [0.717, 1.165) is 35.3 Å². The van der Waals surface area contributed by atoms with E-state index in [0.29, 0.717) is 20.5 Å². The molecule has 0 radical (unpaired) electrons. The summed E-state index contributed by atoms with van der Waals surface area (Å²) in [5, 5.41) is 74.1. The number of phenolic OH excluding ortho intramolecular Hbond substituents is 1. The number of aliphatic hydroxyl groups is 1. The van der Waals surface area contributed by atoms with Crippen molar-refractivity contribution in [1.82, 2.24) is 71.7 Å². The van der Waals surface area contributed by atoms with Crippen LogP contribution in [0.25, 0.3) is 0 Å². The number of piperazine rings is 2. The highest BCUT2D eigenvalue weighted by Gasteiger charge is 2.43. The molecule has 83 heavy (non-hydrogen) atoms. The molecule has 4 aliphatic rings. The first-order chi connectivity index (χ1) is 39.5. The second-order valence-corrected chi connectivity index (χ2v) is 21.4. The summed E-state index contributed by atoms with van der Waals surface area (Å²) in [6.45, 7) is 2.38. The molecule has 3 aromatic rings. The molecule has 0 aliphatic carbocycles. The molecule has 2 saturated heterocycles. The van der Waals surface area contributed by atoms with Crippen molar-refractivity contribution in [2.75, 3.05) is 63.1 Å². The van der Waals surface area contributed by atoms with Crippen LogP contribution in [0.1, 0.15) is 37.1 Å². The van der Waals surface area contributed by atoms with Crippen LogP contribution in [-0.4, -0.2) is 223 Å². The van der Waals surface area contributed by atoms with Gasteiger partial charge in [0.1, 0.15) is 45.7 Å². The summed E-state index contributed by atoms with van der Waals surface area (Å²) in [6, 6.07) is -0.129. The van der Waals surface area contributed by atoms with Gasteiger partial charge in [-0.1, -0.05) is 36.0 Å². The Kier molecular flexibility index (Phi) is 20.2. The molecule has 2 aromatic carbocycles. The molecule has 35 heteroatoms. The maximum Gasteiger partial charge on any atom is 0.359 e. The van der Waals surface area contributed by atoms with Crippen LogP contribution in [0.5, 0.6) is 11.5 Å². The predicted octanol–water partition coefficient (Wildman–Crippen LogP) is -2.75. The zero-order chi connectivity index (χ0) is 60.4. The van der Waals surface area contributed by atoms with Crippen LogP contribution in [0, 0.1) is 0 Å². The van der Waals surface area contributed by atoms with Crippen molar-refractivity contribution in [2.45, 2.75) is 53.9 Å². The van der Waals surface area contributed by atoms with Gasteiger partial charge < -0.3 is 72.0 Å². The second kappa shape index (κ2) is 27.2. The zero-order valence-electron chi connectivity index (χ0n) is 44.0. The SMILES string of the molecule is CCN1CCN(C(=O)NC(C(=O)NC(C(=O)O)C2NC(C(=O)O)=C(CO)CS2)c2ccc(OC(=O)C3=C(CSc4nnnn4C)CSC(C(NC(=O)C(NC(=O)N4CCN(CC)C(=O)C4=O)c4ccc(O)cc4)C(=O)O)N3)cc2)C(=O)C1=O. The molecule has 6 atom stereocenters. The summed E-state index contributed by atoms with van der Waals surface area (Å²) >= 11 is 2.89. The molecule has 32 nitrogen and oxygen atoms in total. The Morgan fingerprint density at radius 2 is 1.14 bits per heavy atom. The van der Waals surface area contributed by atoms with Gasteiger partial charge in [-0.2, -0.15) is 0 Å². The monoisotopic (exact) mass is 1210 g/mol. The molecule has 0 bridgehead atoms. The van der Waals surface area contributed by atoms with Crippen LogP contribution in [-0.2, 0) is 55.0 Å². The molecule has 11 N–H and O–H groups in total. The number of amides is 10. The van der Waals surface area contributed by atoms with Gasteiger partial charge in [-0.15, -0.1) is 28.6 Å². The lowest BCUT2D eigenvalue weighted by Gasteiger charge is -2.34.